The van der Waals surface area contributed by atoms with E-state index in [2.05, 4.69) is 26.5 Å². The number of piperidine rings is 2. The molecule has 2 saturated heterocycles. The number of likely N-dealkylation sites (tertiary alicyclic amines) is 2. The molecule has 0 radical (unpaired) electrons. The van der Waals surface area contributed by atoms with Gasteiger partial charge in [-0.05, 0) is 69.0 Å². The fourth-order valence-electron chi connectivity index (χ4n) is 4.59. The van der Waals surface area contributed by atoms with Crippen LogP contribution in [0.2, 0.25) is 10.0 Å². The zero-order valence-corrected chi connectivity index (χ0v) is 18.9. The fourth-order valence-corrected chi connectivity index (χ4v) is 4.89. The highest BCUT2D eigenvalue weighted by Gasteiger charge is 2.30. The molecule has 2 amide bonds. The minimum absolute atomic E-state index is 0.147. The molecule has 9 heteroatoms. The molecule has 3 N–H and O–H groups in total. The molecule has 1 unspecified atom stereocenters. The summed E-state index contributed by atoms with van der Waals surface area (Å²) in [6, 6.07) is 6.96. The quantitative estimate of drug-likeness (QED) is 0.617. The average Bonchev–Trinajstić information content (AvgIpc) is 3.32. The van der Waals surface area contributed by atoms with E-state index in [0.717, 1.165) is 44.5 Å². The summed E-state index contributed by atoms with van der Waals surface area (Å²) >= 11 is 11.9. The van der Waals surface area contributed by atoms with E-state index in [4.69, 9.17) is 23.2 Å². The second-order valence-electron chi connectivity index (χ2n) is 8.52. The van der Waals surface area contributed by atoms with Gasteiger partial charge in [-0.3, -0.25) is 5.10 Å². The minimum atomic E-state index is -0.359. The third-order valence-corrected chi connectivity index (χ3v) is 7.25. The van der Waals surface area contributed by atoms with Crippen LogP contribution in [0.3, 0.4) is 0 Å². The van der Waals surface area contributed by atoms with Gasteiger partial charge in [0.1, 0.15) is 0 Å². The molecule has 1 aromatic carbocycles. The standard InChI is InChI=1S/C22H29Cl2N5O2/c23-18-2-1-17(13-19(18)24)26-22(31)29-11-6-16(7-12-29)21(30)14-28-9-4-15(5-10-28)20-3-8-25-27-20/h1-3,8,13,15-16,21,30H,4-7,9-12,14H2,(H,25,27)(H,26,31). The van der Waals surface area contributed by atoms with Crippen molar-refractivity contribution in [3.8, 4) is 0 Å². The summed E-state index contributed by atoms with van der Waals surface area (Å²) < 4.78 is 0. The van der Waals surface area contributed by atoms with Crippen LogP contribution in [0, 0.1) is 5.92 Å². The highest BCUT2D eigenvalue weighted by Crippen LogP contribution is 2.29. The van der Waals surface area contributed by atoms with Crippen LogP contribution in [0.25, 0.3) is 0 Å². The lowest BCUT2D eigenvalue weighted by molar-refractivity contribution is 0.0314. The molecule has 2 fully saturated rings. The van der Waals surface area contributed by atoms with Gasteiger partial charge in [0.05, 0.1) is 21.8 Å². The highest BCUT2D eigenvalue weighted by molar-refractivity contribution is 6.42. The van der Waals surface area contributed by atoms with Crippen LogP contribution >= 0.6 is 23.2 Å². The molecular formula is C22H29Cl2N5O2. The number of anilines is 1. The second kappa shape index (κ2) is 10.2. The third-order valence-electron chi connectivity index (χ3n) is 6.52. The van der Waals surface area contributed by atoms with Gasteiger partial charge in [-0.15, -0.1) is 0 Å². The Morgan fingerprint density at radius 3 is 2.52 bits per heavy atom. The van der Waals surface area contributed by atoms with E-state index in [-0.39, 0.29) is 18.1 Å². The van der Waals surface area contributed by atoms with Crippen LogP contribution in [0.5, 0.6) is 0 Å². The lowest BCUT2D eigenvalue weighted by Gasteiger charge is -2.37. The normalized spacial score (nSPS) is 20.0. The van der Waals surface area contributed by atoms with Gasteiger partial charge in [0.2, 0.25) is 0 Å². The molecule has 2 aromatic rings. The molecule has 3 heterocycles. The number of halogens is 2. The number of amides is 2. The summed E-state index contributed by atoms with van der Waals surface area (Å²) in [6.45, 7) is 3.94. The first-order valence-electron chi connectivity index (χ1n) is 10.9. The van der Waals surface area contributed by atoms with Crippen molar-refractivity contribution in [2.45, 2.75) is 37.7 Å². The van der Waals surface area contributed by atoms with Crippen LogP contribution in [0.1, 0.15) is 37.3 Å². The number of nitrogens with zero attached hydrogens (tertiary/aromatic N) is 3. The zero-order valence-electron chi connectivity index (χ0n) is 17.4. The van der Waals surface area contributed by atoms with Crippen molar-refractivity contribution in [3.63, 3.8) is 0 Å². The van der Waals surface area contributed by atoms with E-state index in [9.17, 15) is 9.90 Å². The predicted molar refractivity (Wildman–Crippen MR) is 123 cm³/mol. The monoisotopic (exact) mass is 465 g/mol. The molecule has 0 saturated carbocycles. The first kappa shape index (κ1) is 22.4. The van der Waals surface area contributed by atoms with E-state index in [1.165, 1.54) is 0 Å². The molecule has 7 nitrogen and oxygen atoms in total. The first-order chi connectivity index (χ1) is 15.0. The summed E-state index contributed by atoms with van der Waals surface area (Å²) in [4.78, 5) is 16.7. The third kappa shape index (κ3) is 5.71. The molecule has 0 spiro atoms. The van der Waals surface area contributed by atoms with E-state index >= 15 is 0 Å². The number of rotatable bonds is 5. The molecule has 2 aliphatic heterocycles. The number of β-amino-alcohol motifs (C(OH)–C–C–N with tert-alkyl or cyclic N) is 1. The topological polar surface area (TPSA) is 84.5 Å². The molecule has 0 aliphatic carbocycles. The van der Waals surface area contributed by atoms with Gasteiger partial charge in [0.15, 0.2) is 0 Å². The predicted octanol–water partition coefficient (Wildman–Crippen LogP) is 4.20. The van der Waals surface area contributed by atoms with E-state index in [1.54, 1.807) is 23.1 Å². The number of carbonyl (C=O) groups is 1. The van der Waals surface area contributed by atoms with Crippen molar-refractivity contribution in [1.82, 2.24) is 20.0 Å². The number of hydrogen-bond donors (Lipinski definition) is 3. The molecule has 4 rings (SSSR count). The zero-order chi connectivity index (χ0) is 21.8. The Labute approximate surface area is 192 Å². The van der Waals surface area contributed by atoms with Gasteiger partial charge in [-0.1, -0.05) is 23.2 Å². The molecule has 2 aliphatic rings. The van der Waals surface area contributed by atoms with Crippen LogP contribution in [-0.4, -0.2) is 70.0 Å². The summed E-state index contributed by atoms with van der Waals surface area (Å²) in [6.07, 6.45) is 5.28. The van der Waals surface area contributed by atoms with Crippen molar-refractivity contribution < 1.29 is 9.90 Å². The second-order valence-corrected chi connectivity index (χ2v) is 9.34. The summed E-state index contributed by atoms with van der Waals surface area (Å²) in [7, 11) is 0. The van der Waals surface area contributed by atoms with Crippen molar-refractivity contribution in [2.24, 2.45) is 5.92 Å². The number of urea groups is 1. The number of aromatic amines is 1. The number of aliphatic hydroxyl groups excluding tert-OH is 1. The molecule has 1 aromatic heterocycles. The van der Waals surface area contributed by atoms with Crippen molar-refractivity contribution in [2.75, 3.05) is 38.0 Å². The molecule has 31 heavy (non-hydrogen) atoms. The Bertz CT molecular complexity index is 863. The highest BCUT2D eigenvalue weighted by atomic mass is 35.5. The van der Waals surface area contributed by atoms with Crippen LogP contribution < -0.4 is 5.32 Å². The maximum absolute atomic E-state index is 12.5. The molecular weight excluding hydrogens is 437 g/mol. The van der Waals surface area contributed by atoms with E-state index < -0.39 is 0 Å². The average molecular weight is 466 g/mol. The van der Waals surface area contributed by atoms with Crippen LogP contribution in [-0.2, 0) is 0 Å². The number of H-pyrrole nitrogens is 1. The summed E-state index contributed by atoms with van der Waals surface area (Å²) in [5, 5.41) is 21.7. The maximum atomic E-state index is 12.5. The lowest BCUT2D eigenvalue weighted by Crippen LogP contribution is -2.46. The van der Waals surface area contributed by atoms with Gasteiger partial charge in [-0.25, -0.2) is 4.79 Å². The smallest absolute Gasteiger partial charge is 0.321 e. The van der Waals surface area contributed by atoms with Crippen molar-refractivity contribution >= 4 is 34.9 Å². The van der Waals surface area contributed by atoms with Crippen molar-refractivity contribution in [3.05, 3.63) is 46.2 Å². The van der Waals surface area contributed by atoms with Crippen LogP contribution in [0.4, 0.5) is 10.5 Å². The Morgan fingerprint density at radius 1 is 1.13 bits per heavy atom. The van der Waals surface area contributed by atoms with Gasteiger partial charge in [0.25, 0.3) is 0 Å². The number of aromatic nitrogens is 2. The fraction of sp³-hybridized carbons (Fsp3) is 0.545. The maximum Gasteiger partial charge on any atom is 0.321 e. The van der Waals surface area contributed by atoms with Gasteiger partial charge in [-0.2, -0.15) is 5.10 Å². The van der Waals surface area contributed by atoms with Gasteiger partial charge < -0.3 is 20.2 Å². The SMILES string of the molecule is O=C(Nc1ccc(Cl)c(Cl)c1)N1CCC(C(O)CN2CCC(c3cc[nH]n3)CC2)CC1. The van der Waals surface area contributed by atoms with Crippen LogP contribution in [0.15, 0.2) is 30.5 Å². The molecule has 0 bridgehead atoms. The Kier molecular flexibility index (Phi) is 7.38. The first-order valence-corrected chi connectivity index (χ1v) is 11.7. The number of aliphatic hydroxyl groups is 1. The van der Waals surface area contributed by atoms with Crippen molar-refractivity contribution in [1.29, 1.82) is 0 Å². The largest absolute Gasteiger partial charge is 0.392 e. The Hall–Kier alpha value is -1.80. The number of carbonyl (C=O) groups excluding carboxylic acids is 1. The molecule has 168 valence electrons. The van der Waals surface area contributed by atoms with E-state index in [0.29, 0.717) is 41.3 Å². The van der Waals surface area contributed by atoms with Gasteiger partial charge >= 0.3 is 6.03 Å². The lowest BCUT2D eigenvalue weighted by atomic mass is 9.89. The Balaban J connectivity index is 1.19. The Morgan fingerprint density at radius 2 is 1.87 bits per heavy atom. The summed E-state index contributed by atoms with van der Waals surface area (Å²) in [5.74, 6) is 0.731. The van der Waals surface area contributed by atoms with Gasteiger partial charge in [0, 0.05) is 37.4 Å². The number of nitrogens with one attached hydrogen (secondary N) is 2. The number of benzene rings is 1. The minimum Gasteiger partial charge on any atom is -0.392 e. The molecule has 1 atom stereocenters. The van der Waals surface area contributed by atoms with E-state index in [1.807, 2.05) is 6.20 Å². The number of hydrogen-bond acceptors (Lipinski definition) is 4. The summed E-state index contributed by atoms with van der Waals surface area (Å²) in [5.41, 5.74) is 1.77.